The molecule has 1 saturated carbocycles. The monoisotopic (exact) mass is 311 g/mol. The molecule has 0 aromatic heterocycles. The van der Waals surface area contributed by atoms with Gasteiger partial charge in [0.2, 0.25) is 5.91 Å². The summed E-state index contributed by atoms with van der Waals surface area (Å²) in [6.07, 6.45) is 11.5. The Hall–Kier alpha value is -0.480. The Morgan fingerprint density at radius 3 is 2.62 bits per heavy atom. The largest absolute Gasteiger partial charge is 0.381 e. The van der Waals surface area contributed by atoms with Gasteiger partial charge in [0, 0.05) is 25.4 Å². The first-order valence-corrected chi connectivity index (χ1v) is 9.39. The first kappa shape index (κ1) is 16.9. The first-order valence-electron chi connectivity index (χ1n) is 8.34. The van der Waals surface area contributed by atoms with Gasteiger partial charge in [-0.05, 0) is 63.2 Å². The highest BCUT2D eigenvalue weighted by molar-refractivity contribution is 8.00. The van der Waals surface area contributed by atoms with Crippen molar-refractivity contribution in [2.75, 3.05) is 26.0 Å². The van der Waals surface area contributed by atoms with Gasteiger partial charge < -0.3 is 9.64 Å². The van der Waals surface area contributed by atoms with Gasteiger partial charge in [-0.15, -0.1) is 0 Å². The number of hydrogen-bond acceptors (Lipinski definition) is 3. The molecule has 1 aliphatic carbocycles. The number of likely N-dealkylation sites (N-methyl/N-ethyl adjacent to an activating group) is 1. The van der Waals surface area contributed by atoms with Gasteiger partial charge >= 0.3 is 0 Å². The van der Waals surface area contributed by atoms with Crippen LogP contribution in [0.25, 0.3) is 0 Å². The second-order valence-corrected chi connectivity index (χ2v) is 7.55. The van der Waals surface area contributed by atoms with Crippen LogP contribution < -0.4 is 0 Å². The van der Waals surface area contributed by atoms with Crippen molar-refractivity contribution in [3.8, 4) is 0 Å². The van der Waals surface area contributed by atoms with E-state index < -0.39 is 0 Å². The number of thioether (sulfide) groups is 1. The molecule has 2 aliphatic rings. The van der Waals surface area contributed by atoms with Crippen molar-refractivity contribution >= 4 is 17.7 Å². The van der Waals surface area contributed by atoms with Crippen LogP contribution in [0.4, 0.5) is 0 Å². The third-order valence-electron chi connectivity index (χ3n) is 4.70. The highest BCUT2D eigenvalue weighted by Crippen LogP contribution is 2.28. The van der Waals surface area contributed by atoms with Crippen molar-refractivity contribution in [3.05, 3.63) is 12.2 Å². The molecule has 1 saturated heterocycles. The summed E-state index contributed by atoms with van der Waals surface area (Å²) in [5.74, 6) is 2.01. The number of allylic oxidation sites excluding steroid dienone is 1. The van der Waals surface area contributed by atoms with E-state index in [0.717, 1.165) is 38.8 Å². The van der Waals surface area contributed by atoms with Gasteiger partial charge in [0.1, 0.15) is 0 Å². The number of ether oxygens (including phenoxy) is 1. The first-order chi connectivity index (χ1) is 10.2. The Morgan fingerprint density at radius 1 is 1.29 bits per heavy atom. The zero-order valence-electron chi connectivity index (χ0n) is 13.4. The molecule has 1 aliphatic heterocycles. The van der Waals surface area contributed by atoms with Crippen molar-refractivity contribution in [2.24, 2.45) is 5.92 Å². The van der Waals surface area contributed by atoms with Crippen LogP contribution in [-0.4, -0.2) is 48.1 Å². The normalized spacial score (nSPS) is 29.9. The van der Waals surface area contributed by atoms with Crippen molar-refractivity contribution in [3.63, 3.8) is 0 Å². The molecule has 1 unspecified atom stereocenters. The maximum Gasteiger partial charge on any atom is 0.246 e. The van der Waals surface area contributed by atoms with Gasteiger partial charge in [-0.25, -0.2) is 0 Å². The maximum absolute atomic E-state index is 12.3. The van der Waals surface area contributed by atoms with E-state index in [0.29, 0.717) is 17.3 Å². The lowest BCUT2D eigenvalue weighted by molar-refractivity contribution is -0.125. The lowest BCUT2D eigenvalue weighted by atomic mass is 9.87. The zero-order valence-corrected chi connectivity index (χ0v) is 14.2. The molecule has 3 nitrogen and oxygen atoms in total. The molecule has 2 fully saturated rings. The Bertz CT molecular complexity index is 345. The lowest BCUT2D eigenvalue weighted by Gasteiger charge is -2.26. The number of nitrogens with zero attached hydrogens (tertiary/aromatic N) is 1. The highest BCUT2D eigenvalue weighted by atomic mass is 32.2. The molecule has 0 radical (unpaired) electrons. The molecule has 0 aromatic rings. The highest BCUT2D eigenvalue weighted by Gasteiger charge is 2.21. The van der Waals surface area contributed by atoms with E-state index in [9.17, 15) is 4.79 Å². The summed E-state index contributed by atoms with van der Waals surface area (Å²) in [6, 6.07) is 0. The molecule has 0 aromatic carbocycles. The van der Waals surface area contributed by atoms with E-state index in [4.69, 9.17) is 4.74 Å². The van der Waals surface area contributed by atoms with Crippen molar-refractivity contribution in [1.82, 2.24) is 4.90 Å². The van der Waals surface area contributed by atoms with Gasteiger partial charge in [-0.2, -0.15) is 11.8 Å². The van der Waals surface area contributed by atoms with E-state index in [1.807, 2.05) is 22.7 Å². The second kappa shape index (κ2) is 8.84. The van der Waals surface area contributed by atoms with E-state index in [1.54, 1.807) is 7.11 Å². The summed E-state index contributed by atoms with van der Waals surface area (Å²) in [5, 5.41) is 0.652. The molecule has 21 heavy (non-hydrogen) atoms. The summed E-state index contributed by atoms with van der Waals surface area (Å²) in [4.78, 5) is 14.3. The molecular weight excluding hydrogens is 282 g/mol. The van der Waals surface area contributed by atoms with E-state index >= 15 is 0 Å². The number of amides is 1. The van der Waals surface area contributed by atoms with Crippen LogP contribution in [0, 0.1) is 5.92 Å². The molecule has 4 heteroatoms. The average Bonchev–Trinajstić information content (AvgIpc) is 3.03. The number of rotatable bonds is 6. The molecule has 0 bridgehead atoms. The fourth-order valence-electron chi connectivity index (χ4n) is 3.25. The van der Waals surface area contributed by atoms with Crippen LogP contribution in [0.2, 0.25) is 0 Å². The standard InChI is InChI=1S/C17H29NO2S/c1-3-18(13-16-5-4-12-21-16)17(19)11-8-14-6-9-15(20-2)10-7-14/h8,11,14-16H,3-7,9-10,12-13H2,1-2H3/b11-8+. The molecule has 1 atom stereocenters. The van der Waals surface area contributed by atoms with Crippen LogP contribution in [-0.2, 0) is 9.53 Å². The van der Waals surface area contributed by atoms with Crippen LogP contribution in [0.15, 0.2) is 12.2 Å². The van der Waals surface area contributed by atoms with Crippen LogP contribution in [0.3, 0.4) is 0 Å². The second-order valence-electron chi connectivity index (χ2n) is 6.14. The molecule has 1 amide bonds. The SMILES string of the molecule is CCN(CC1CCCS1)C(=O)/C=C/C1CCC(OC)CC1. The quantitative estimate of drug-likeness (QED) is 0.703. The van der Waals surface area contributed by atoms with Crippen LogP contribution in [0.5, 0.6) is 0 Å². The fourth-order valence-corrected chi connectivity index (χ4v) is 4.53. The molecular formula is C17H29NO2S. The summed E-state index contributed by atoms with van der Waals surface area (Å²) in [5.41, 5.74) is 0. The van der Waals surface area contributed by atoms with Gasteiger partial charge in [0.05, 0.1) is 6.10 Å². The number of carbonyl (C=O) groups excluding carboxylic acids is 1. The van der Waals surface area contributed by atoms with Crippen LogP contribution >= 0.6 is 11.8 Å². The minimum atomic E-state index is 0.193. The fraction of sp³-hybridized carbons (Fsp3) is 0.824. The predicted molar refractivity (Wildman–Crippen MR) is 89.6 cm³/mol. The Morgan fingerprint density at radius 2 is 2.05 bits per heavy atom. The van der Waals surface area contributed by atoms with Gasteiger partial charge in [-0.1, -0.05) is 6.08 Å². The lowest BCUT2D eigenvalue weighted by Crippen LogP contribution is -2.34. The topological polar surface area (TPSA) is 29.5 Å². The van der Waals surface area contributed by atoms with Crippen molar-refractivity contribution in [2.45, 2.75) is 56.8 Å². The smallest absolute Gasteiger partial charge is 0.246 e. The minimum Gasteiger partial charge on any atom is -0.381 e. The Balaban J connectivity index is 1.77. The number of hydrogen-bond donors (Lipinski definition) is 0. The van der Waals surface area contributed by atoms with Crippen LogP contribution in [0.1, 0.15) is 45.4 Å². The zero-order chi connectivity index (χ0) is 15.1. The van der Waals surface area contributed by atoms with E-state index in [-0.39, 0.29) is 5.91 Å². The molecule has 0 spiro atoms. The summed E-state index contributed by atoms with van der Waals surface area (Å²) in [7, 11) is 1.80. The third kappa shape index (κ3) is 5.33. The summed E-state index contributed by atoms with van der Waals surface area (Å²) in [6.45, 7) is 3.81. The Kier molecular flexibility index (Phi) is 7.11. The van der Waals surface area contributed by atoms with Gasteiger partial charge in [0.25, 0.3) is 0 Å². The average molecular weight is 311 g/mol. The van der Waals surface area contributed by atoms with E-state index in [2.05, 4.69) is 13.0 Å². The van der Waals surface area contributed by atoms with E-state index in [1.165, 1.54) is 18.6 Å². The molecule has 2 rings (SSSR count). The van der Waals surface area contributed by atoms with Gasteiger partial charge in [0.15, 0.2) is 0 Å². The number of methoxy groups -OCH3 is 1. The summed E-state index contributed by atoms with van der Waals surface area (Å²) < 4.78 is 5.39. The van der Waals surface area contributed by atoms with Gasteiger partial charge in [-0.3, -0.25) is 4.79 Å². The maximum atomic E-state index is 12.3. The van der Waals surface area contributed by atoms with Crippen molar-refractivity contribution < 1.29 is 9.53 Å². The third-order valence-corrected chi connectivity index (χ3v) is 6.09. The molecule has 120 valence electrons. The van der Waals surface area contributed by atoms with Crippen molar-refractivity contribution in [1.29, 1.82) is 0 Å². The molecule has 0 N–H and O–H groups in total. The summed E-state index contributed by atoms with van der Waals surface area (Å²) >= 11 is 2.02. The predicted octanol–water partition coefficient (Wildman–Crippen LogP) is 3.49. The molecule has 1 heterocycles. The number of carbonyl (C=O) groups is 1. The Labute approximate surface area is 133 Å². The minimum absolute atomic E-state index is 0.193.